The molecule has 32 heavy (non-hydrogen) atoms. The number of nitrogens with zero attached hydrogens (tertiary/aromatic N) is 5. The zero-order chi connectivity index (χ0) is 22.5. The van der Waals surface area contributed by atoms with Gasteiger partial charge in [0.1, 0.15) is 29.4 Å². The van der Waals surface area contributed by atoms with Crippen LogP contribution in [0.5, 0.6) is 5.75 Å². The van der Waals surface area contributed by atoms with Crippen LogP contribution in [0.4, 0.5) is 4.79 Å². The zero-order valence-corrected chi connectivity index (χ0v) is 18.7. The Morgan fingerprint density at radius 3 is 2.81 bits per heavy atom. The second kappa shape index (κ2) is 10.3. The molecule has 1 aliphatic heterocycles. The summed E-state index contributed by atoms with van der Waals surface area (Å²) in [6, 6.07) is 3.22. The van der Waals surface area contributed by atoms with Crippen LogP contribution >= 0.6 is 0 Å². The summed E-state index contributed by atoms with van der Waals surface area (Å²) in [5, 5.41) is 18.5. The van der Waals surface area contributed by atoms with Gasteiger partial charge in [-0.25, -0.2) is 14.5 Å². The molecule has 1 N–H and O–H groups in total. The lowest BCUT2D eigenvalue weighted by Crippen LogP contribution is -2.34. The Balaban J connectivity index is 1.41. The minimum Gasteiger partial charge on any atom is -0.506 e. The van der Waals surface area contributed by atoms with Gasteiger partial charge in [-0.05, 0) is 50.2 Å². The molecule has 1 saturated heterocycles. The maximum absolute atomic E-state index is 12.4. The average molecular weight is 446 g/mol. The largest absolute Gasteiger partial charge is 0.506 e. The molecule has 1 unspecified atom stereocenters. The minimum atomic E-state index is -0.371. The Hall–Kier alpha value is -2.72. The van der Waals surface area contributed by atoms with Crippen molar-refractivity contribution in [2.24, 2.45) is 13.0 Å². The van der Waals surface area contributed by atoms with Gasteiger partial charge in [0.2, 0.25) is 0 Å². The first-order chi connectivity index (χ1) is 15.5. The minimum absolute atomic E-state index is 0.0248. The molecule has 3 heterocycles. The number of hydrogen-bond acceptors (Lipinski definition) is 8. The molecule has 10 heteroatoms. The van der Waals surface area contributed by atoms with E-state index in [-0.39, 0.29) is 31.3 Å². The van der Waals surface area contributed by atoms with E-state index in [1.165, 1.54) is 19.3 Å². The van der Waals surface area contributed by atoms with Gasteiger partial charge in [-0.1, -0.05) is 11.6 Å². The molecule has 2 aromatic rings. The molecule has 0 spiro atoms. The summed E-state index contributed by atoms with van der Waals surface area (Å²) < 4.78 is 18.4. The summed E-state index contributed by atoms with van der Waals surface area (Å²) in [5.41, 5.74) is 2.03. The maximum atomic E-state index is 12.4. The molecule has 1 atom stereocenters. The van der Waals surface area contributed by atoms with Crippen molar-refractivity contribution in [2.45, 2.75) is 58.0 Å². The first-order valence-corrected chi connectivity index (χ1v) is 11.2. The van der Waals surface area contributed by atoms with E-state index in [1.54, 1.807) is 35.8 Å². The standard InChI is InChI=1S/C22H31N5O5/c1-26(12-15-6-5-7-15)22(29)32-14-18-21(24-25-27(18)2)16-9-10-19(28)17(23-16)13-31-20-8-3-4-11-30-20/h9-10,15,20,28H,3-8,11-14H2,1-2H3. The van der Waals surface area contributed by atoms with Crippen molar-refractivity contribution in [1.29, 1.82) is 0 Å². The second-order valence-electron chi connectivity index (χ2n) is 8.51. The highest BCUT2D eigenvalue weighted by Gasteiger charge is 2.23. The molecule has 10 nitrogen and oxygen atoms in total. The van der Waals surface area contributed by atoms with Crippen LogP contribution in [0, 0.1) is 5.92 Å². The number of amides is 1. The van der Waals surface area contributed by atoms with Gasteiger partial charge < -0.3 is 24.2 Å². The lowest BCUT2D eigenvalue weighted by molar-refractivity contribution is -0.169. The van der Waals surface area contributed by atoms with Gasteiger partial charge in [-0.3, -0.25) is 0 Å². The maximum Gasteiger partial charge on any atom is 0.409 e. The van der Waals surface area contributed by atoms with Gasteiger partial charge in [0.05, 0.1) is 12.3 Å². The Kier molecular flexibility index (Phi) is 7.21. The molecular formula is C22H31N5O5. The monoisotopic (exact) mass is 445 g/mol. The Bertz CT molecular complexity index is 923. The Labute approximate surface area is 187 Å². The number of aryl methyl sites for hydroxylation is 1. The van der Waals surface area contributed by atoms with Crippen molar-refractivity contribution in [2.75, 3.05) is 20.2 Å². The molecule has 0 radical (unpaired) electrons. The predicted octanol–water partition coefficient (Wildman–Crippen LogP) is 2.99. The fourth-order valence-corrected chi connectivity index (χ4v) is 3.86. The van der Waals surface area contributed by atoms with Gasteiger partial charge in [-0.2, -0.15) is 0 Å². The van der Waals surface area contributed by atoms with Gasteiger partial charge in [0, 0.05) is 27.2 Å². The van der Waals surface area contributed by atoms with Crippen LogP contribution in [0.15, 0.2) is 12.1 Å². The van der Waals surface area contributed by atoms with Crippen LogP contribution in [0.3, 0.4) is 0 Å². The molecule has 2 aliphatic rings. The number of ether oxygens (including phenoxy) is 3. The summed E-state index contributed by atoms with van der Waals surface area (Å²) in [6.07, 6.45) is 5.84. The summed E-state index contributed by atoms with van der Waals surface area (Å²) in [7, 11) is 3.50. The molecule has 1 amide bonds. The quantitative estimate of drug-likeness (QED) is 0.660. The lowest BCUT2D eigenvalue weighted by Gasteiger charge is -2.29. The molecule has 2 fully saturated rings. The Morgan fingerprint density at radius 1 is 1.25 bits per heavy atom. The summed E-state index contributed by atoms with van der Waals surface area (Å²) in [5.74, 6) is 0.612. The van der Waals surface area contributed by atoms with Crippen LogP contribution in [-0.2, 0) is 34.5 Å². The van der Waals surface area contributed by atoms with Crippen molar-refractivity contribution in [1.82, 2.24) is 24.9 Å². The number of rotatable bonds is 8. The number of carbonyl (C=O) groups excluding carboxylic acids is 1. The van der Waals surface area contributed by atoms with E-state index in [2.05, 4.69) is 15.3 Å². The van der Waals surface area contributed by atoms with Crippen molar-refractivity contribution in [3.05, 3.63) is 23.5 Å². The molecule has 2 aromatic heterocycles. The van der Waals surface area contributed by atoms with Crippen LogP contribution in [0.2, 0.25) is 0 Å². The fraction of sp³-hybridized carbons (Fsp3) is 0.636. The normalized spacial score (nSPS) is 18.9. The van der Waals surface area contributed by atoms with Crippen molar-refractivity contribution >= 4 is 6.09 Å². The van der Waals surface area contributed by atoms with Gasteiger partial charge >= 0.3 is 6.09 Å². The van der Waals surface area contributed by atoms with E-state index in [9.17, 15) is 9.90 Å². The van der Waals surface area contributed by atoms with Crippen LogP contribution in [0.1, 0.15) is 49.9 Å². The highest BCUT2D eigenvalue weighted by atomic mass is 16.7. The van der Waals surface area contributed by atoms with Crippen LogP contribution in [0.25, 0.3) is 11.4 Å². The smallest absolute Gasteiger partial charge is 0.409 e. The van der Waals surface area contributed by atoms with E-state index in [0.29, 0.717) is 41.8 Å². The molecular weight excluding hydrogens is 414 g/mol. The third kappa shape index (κ3) is 5.36. The first-order valence-electron chi connectivity index (χ1n) is 11.2. The highest BCUT2D eigenvalue weighted by molar-refractivity contribution is 5.67. The summed E-state index contributed by atoms with van der Waals surface area (Å²) in [6.45, 7) is 1.54. The number of aromatic hydroxyl groups is 1. The number of carbonyl (C=O) groups is 1. The van der Waals surface area contributed by atoms with Gasteiger partial charge in [-0.15, -0.1) is 5.10 Å². The molecule has 1 saturated carbocycles. The van der Waals surface area contributed by atoms with Crippen molar-refractivity contribution < 1.29 is 24.1 Å². The van der Waals surface area contributed by atoms with Crippen molar-refractivity contribution in [3.63, 3.8) is 0 Å². The summed E-state index contributed by atoms with van der Waals surface area (Å²) in [4.78, 5) is 18.5. The highest BCUT2D eigenvalue weighted by Crippen LogP contribution is 2.28. The molecule has 174 valence electrons. The van der Waals surface area contributed by atoms with Crippen LogP contribution < -0.4 is 0 Å². The first kappa shape index (κ1) is 22.5. The summed E-state index contributed by atoms with van der Waals surface area (Å²) >= 11 is 0. The average Bonchev–Trinajstić information content (AvgIpc) is 3.14. The van der Waals surface area contributed by atoms with Gasteiger partial charge in [0.25, 0.3) is 0 Å². The van der Waals surface area contributed by atoms with Crippen LogP contribution in [-0.4, -0.2) is 62.6 Å². The Morgan fingerprint density at radius 2 is 2.09 bits per heavy atom. The molecule has 1 aliphatic carbocycles. The molecule has 4 rings (SSSR count). The van der Waals surface area contributed by atoms with Crippen molar-refractivity contribution in [3.8, 4) is 17.1 Å². The zero-order valence-electron chi connectivity index (χ0n) is 18.7. The van der Waals surface area contributed by atoms with E-state index < -0.39 is 0 Å². The number of hydrogen-bond donors (Lipinski definition) is 1. The SMILES string of the molecule is CN(CC1CCC1)C(=O)OCc1c(-c2ccc(O)c(COC3CCCCO3)n2)nnn1C. The van der Waals surface area contributed by atoms with E-state index in [1.807, 2.05) is 0 Å². The third-order valence-corrected chi connectivity index (χ3v) is 6.08. The lowest BCUT2D eigenvalue weighted by atomic mass is 9.85. The fourth-order valence-electron chi connectivity index (χ4n) is 3.86. The second-order valence-corrected chi connectivity index (χ2v) is 8.51. The number of pyridine rings is 1. The molecule has 0 bridgehead atoms. The molecule has 0 aromatic carbocycles. The van der Waals surface area contributed by atoms with E-state index >= 15 is 0 Å². The predicted molar refractivity (Wildman–Crippen MR) is 114 cm³/mol. The van der Waals surface area contributed by atoms with Gasteiger partial charge in [0.15, 0.2) is 6.29 Å². The topological polar surface area (TPSA) is 112 Å². The third-order valence-electron chi connectivity index (χ3n) is 6.08. The van der Waals surface area contributed by atoms with E-state index in [4.69, 9.17) is 14.2 Å². The van der Waals surface area contributed by atoms with E-state index in [0.717, 1.165) is 19.3 Å². The number of aromatic nitrogens is 4.